The van der Waals surface area contributed by atoms with Gasteiger partial charge >= 0.3 is 0 Å². The minimum Gasteiger partial charge on any atom is -0.494 e. The van der Waals surface area contributed by atoms with E-state index in [1.807, 2.05) is 12.1 Å². The van der Waals surface area contributed by atoms with Crippen LogP contribution in [0.1, 0.15) is 51.6 Å². The molecule has 3 aromatic rings. The Hall–Kier alpha value is -3.97. The van der Waals surface area contributed by atoms with E-state index in [0.29, 0.717) is 59.9 Å². The molecule has 11 nitrogen and oxygen atoms in total. The minimum absolute atomic E-state index is 0.0587. The van der Waals surface area contributed by atoms with Gasteiger partial charge in [-0.25, -0.2) is 19.4 Å². The monoisotopic (exact) mass is 692 g/mol. The second-order valence-corrected chi connectivity index (χ2v) is 13.4. The first kappa shape index (κ1) is 34.9. The Balaban J connectivity index is 1.21. The highest BCUT2D eigenvalue weighted by Gasteiger charge is 2.34. The lowest BCUT2D eigenvalue weighted by Crippen LogP contribution is -2.60. The van der Waals surface area contributed by atoms with Gasteiger partial charge in [0.05, 0.1) is 41.8 Å². The maximum atomic E-state index is 13.9. The lowest BCUT2D eigenvalue weighted by molar-refractivity contribution is -0.111. The number of halogens is 2. The Morgan fingerprint density at radius 3 is 2.53 bits per heavy atom. The number of carbonyl (C=O) groups excluding carboxylic acids is 1. The van der Waals surface area contributed by atoms with Crippen molar-refractivity contribution in [3.8, 4) is 5.75 Å². The van der Waals surface area contributed by atoms with Crippen LogP contribution in [0, 0.1) is 5.82 Å². The summed E-state index contributed by atoms with van der Waals surface area (Å²) in [6.45, 7) is 16.0. The van der Waals surface area contributed by atoms with E-state index in [1.165, 1.54) is 18.5 Å². The number of carbonyl (C=O) groups is 1. The van der Waals surface area contributed by atoms with Crippen LogP contribution in [0.2, 0.25) is 5.02 Å². The van der Waals surface area contributed by atoms with Crippen molar-refractivity contribution in [1.82, 2.24) is 19.8 Å². The summed E-state index contributed by atoms with van der Waals surface area (Å²) in [6, 6.07) is 11.7. The molecule has 3 atom stereocenters. The zero-order chi connectivity index (χ0) is 34.7. The Bertz CT molecular complexity index is 1640. The molecular formula is C36H46ClFN8O3. The largest absolute Gasteiger partial charge is 0.494 e. The zero-order valence-corrected chi connectivity index (χ0v) is 29.4. The van der Waals surface area contributed by atoms with E-state index < -0.39 is 5.82 Å². The van der Waals surface area contributed by atoms with Crippen LogP contribution in [0.25, 0.3) is 0 Å². The fourth-order valence-corrected chi connectivity index (χ4v) is 7.75. The first-order valence-electron chi connectivity index (χ1n) is 17.0. The molecule has 0 saturated carbocycles. The minimum atomic E-state index is -0.470. The third-order valence-corrected chi connectivity index (χ3v) is 10.2. The molecule has 13 heteroatoms. The topological polar surface area (TPSA) is 98.3 Å². The van der Waals surface area contributed by atoms with Gasteiger partial charge in [0, 0.05) is 62.9 Å². The summed E-state index contributed by atoms with van der Waals surface area (Å²) >= 11 is 6.08. The van der Waals surface area contributed by atoms with Crippen LogP contribution in [0.3, 0.4) is 0 Å². The number of methoxy groups -OCH3 is 1. The van der Waals surface area contributed by atoms with Crippen LogP contribution in [0.4, 0.5) is 33.1 Å². The number of amides is 1. The summed E-state index contributed by atoms with van der Waals surface area (Å²) in [6.07, 6.45) is 5.47. The number of piperidine rings is 1. The number of hydroxylamine groups is 1. The number of hydrogen-bond donors (Lipinski definition) is 2. The molecule has 0 unspecified atom stereocenters. The van der Waals surface area contributed by atoms with Gasteiger partial charge in [0.25, 0.3) is 0 Å². The van der Waals surface area contributed by atoms with Crippen molar-refractivity contribution >= 4 is 46.2 Å². The lowest BCUT2D eigenvalue weighted by Gasteiger charge is -2.48. The highest BCUT2D eigenvalue weighted by molar-refractivity contribution is 6.30. The number of aromatic nitrogens is 2. The highest BCUT2D eigenvalue weighted by atomic mass is 35.5. The van der Waals surface area contributed by atoms with Crippen molar-refractivity contribution in [2.24, 2.45) is 0 Å². The highest BCUT2D eigenvalue weighted by Crippen LogP contribution is 2.41. The molecule has 1 amide bonds. The average molecular weight is 693 g/mol. The van der Waals surface area contributed by atoms with Crippen LogP contribution in [-0.4, -0.2) is 90.2 Å². The molecule has 3 aliphatic heterocycles. The number of hydrogen-bond acceptors (Lipinski definition) is 10. The van der Waals surface area contributed by atoms with Crippen molar-refractivity contribution in [3.05, 3.63) is 71.8 Å². The van der Waals surface area contributed by atoms with Gasteiger partial charge in [-0.1, -0.05) is 31.2 Å². The second kappa shape index (κ2) is 15.3. The first-order valence-corrected chi connectivity index (χ1v) is 17.4. The molecule has 6 rings (SSSR count). The van der Waals surface area contributed by atoms with Crippen LogP contribution < -0.4 is 25.3 Å². The second-order valence-electron chi connectivity index (χ2n) is 13.0. The fourth-order valence-electron chi connectivity index (χ4n) is 7.56. The van der Waals surface area contributed by atoms with E-state index in [4.69, 9.17) is 21.2 Å². The van der Waals surface area contributed by atoms with E-state index in [-0.39, 0.29) is 17.0 Å². The number of nitrogens with one attached hydrogen (secondary N) is 2. The molecule has 0 aliphatic carbocycles. The summed E-state index contributed by atoms with van der Waals surface area (Å²) in [4.78, 5) is 35.0. The molecule has 1 aromatic heterocycles. The summed E-state index contributed by atoms with van der Waals surface area (Å²) in [5.74, 6) is 0.854. The van der Waals surface area contributed by atoms with Gasteiger partial charge < -0.3 is 20.3 Å². The smallest absolute Gasteiger partial charge is 0.247 e. The maximum Gasteiger partial charge on any atom is 0.247 e. The van der Waals surface area contributed by atoms with Gasteiger partial charge in [-0.15, -0.1) is 0 Å². The summed E-state index contributed by atoms with van der Waals surface area (Å²) < 4.78 is 19.7. The molecule has 0 radical (unpaired) electrons. The molecule has 3 fully saturated rings. The Labute approximate surface area is 293 Å². The van der Waals surface area contributed by atoms with Crippen LogP contribution in [-0.2, 0) is 9.63 Å². The third-order valence-electron chi connectivity index (χ3n) is 9.95. The molecule has 2 aromatic carbocycles. The molecule has 4 heterocycles. The van der Waals surface area contributed by atoms with Crippen molar-refractivity contribution in [2.75, 3.05) is 67.0 Å². The molecule has 262 valence electrons. The maximum absolute atomic E-state index is 13.9. The number of ether oxygens (including phenoxy) is 1. The summed E-state index contributed by atoms with van der Waals surface area (Å²) in [5.41, 5.74) is 2.98. The van der Waals surface area contributed by atoms with Crippen molar-refractivity contribution < 1.29 is 18.8 Å². The molecule has 3 saturated heterocycles. The number of benzene rings is 2. The summed E-state index contributed by atoms with van der Waals surface area (Å²) in [7, 11) is 1.62. The van der Waals surface area contributed by atoms with Crippen LogP contribution in [0.15, 0.2) is 55.4 Å². The van der Waals surface area contributed by atoms with Crippen molar-refractivity contribution in [2.45, 2.75) is 64.2 Å². The number of piperazine rings is 1. The van der Waals surface area contributed by atoms with Gasteiger partial charge in [-0.2, -0.15) is 0 Å². The van der Waals surface area contributed by atoms with Crippen molar-refractivity contribution in [1.29, 1.82) is 0 Å². The standard InChI is InChI=1S/C36H46ClFN8O3/c1-6-36(47)42-29-17-30(41-34-19-35(40-22-39-34)46-31(12-15-49-46)25-8-9-28(38)27(37)16-25)33(48-5)18-32(29)43-13-10-26(11-14-43)44-20-23(3)45(7-2)24(4)21-44/h6,8-9,16-19,22-24,26,31H,1,7,10-15,20-21H2,2-5H3,(H,42,47)(H,39,40,41)/t23-,24+,31-/m1/s1. The van der Waals surface area contributed by atoms with Gasteiger partial charge in [0.15, 0.2) is 5.82 Å². The Morgan fingerprint density at radius 2 is 1.86 bits per heavy atom. The fraction of sp³-hybridized carbons (Fsp3) is 0.472. The van der Waals surface area contributed by atoms with E-state index in [1.54, 1.807) is 30.4 Å². The Morgan fingerprint density at radius 1 is 1.10 bits per heavy atom. The number of nitrogens with zero attached hydrogens (tertiary/aromatic N) is 6. The molecule has 0 bridgehead atoms. The van der Waals surface area contributed by atoms with E-state index in [2.05, 4.69) is 62.7 Å². The van der Waals surface area contributed by atoms with E-state index >= 15 is 0 Å². The normalized spacial score (nSPS) is 22.3. The average Bonchev–Trinajstić information content (AvgIpc) is 3.60. The third kappa shape index (κ3) is 7.62. The van der Waals surface area contributed by atoms with Crippen LogP contribution in [0.5, 0.6) is 5.75 Å². The molecule has 2 N–H and O–H groups in total. The van der Waals surface area contributed by atoms with E-state index in [9.17, 15) is 9.18 Å². The number of likely N-dealkylation sites (N-methyl/N-ethyl adjacent to an activating group) is 1. The quantitative estimate of drug-likeness (QED) is 0.232. The van der Waals surface area contributed by atoms with Gasteiger partial charge in [-0.05, 0) is 63.1 Å². The lowest BCUT2D eigenvalue weighted by atomic mass is 9.98. The van der Waals surface area contributed by atoms with Gasteiger partial charge in [0.1, 0.15) is 23.7 Å². The zero-order valence-electron chi connectivity index (χ0n) is 28.7. The molecule has 49 heavy (non-hydrogen) atoms. The molecule has 0 spiro atoms. The molecular weight excluding hydrogens is 647 g/mol. The van der Waals surface area contributed by atoms with E-state index in [0.717, 1.165) is 56.8 Å². The first-order chi connectivity index (χ1) is 23.7. The van der Waals surface area contributed by atoms with Gasteiger partial charge in [-0.3, -0.25) is 19.4 Å². The predicted molar refractivity (Wildman–Crippen MR) is 192 cm³/mol. The Kier molecular flexibility index (Phi) is 10.9. The number of anilines is 5. The molecule has 3 aliphatic rings. The SMILES string of the molecule is C=CC(=O)Nc1cc(Nc2cc(N3OCC[C@@H]3c3ccc(F)c(Cl)c3)ncn2)c(OC)cc1N1CCC(N2C[C@@H](C)N(CC)[C@@H](C)C2)CC1. The van der Waals surface area contributed by atoms with Crippen molar-refractivity contribution in [3.63, 3.8) is 0 Å². The van der Waals surface area contributed by atoms with Crippen LogP contribution >= 0.6 is 11.6 Å². The summed E-state index contributed by atoms with van der Waals surface area (Å²) in [5, 5.41) is 8.12. The van der Waals surface area contributed by atoms with Gasteiger partial charge in [0.2, 0.25) is 5.91 Å². The number of rotatable bonds is 10. The predicted octanol–water partition coefficient (Wildman–Crippen LogP) is 6.41.